The average Bonchev–Trinajstić information content (AvgIpc) is 2.83. The lowest BCUT2D eigenvalue weighted by Crippen LogP contribution is -2.38. The van der Waals surface area contributed by atoms with E-state index in [1.54, 1.807) is 18.2 Å². The molecule has 0 unspecified atom stereocenters. The summed E-state index contributed by atoms with van der Waals surface area (Å²) in [5, 5.41) is 0. The maximum atomic E-state index is 12.4. The van der Waals surface area contributed by atoms with Crippen LogP contribution >= 0.6 is 0 Å². The fourth-order valence-corrected chi connectivity index (χ4v) is 3.98. The van der Waals surface area contributed by atoms with Crippen LogP contribution in [0.25, 0.3) is 0 Å². The van der Waals surface area contributed by atoms with E-state index in [0.29, 0.717) is 24.1 Å². The molecule has 8 heteroatoms. The number of carbonyl (C=O) groups is 2. The Kier molecular flexibility index (Phi) is 6.91. The molecule has 0 spiro atoms. The van der Waals surface area contributed by atoms with Gasteiger partial charge in [0.1, 0.15) is 0 Å². The molecule has 1 aliphatic heterocycles. The highest BCUT2D eigenvalue weighted by atomic mass is 32.2. The zero-order valence-electron chi connectivity index (χ0n) is 15.6. The number of hydrogen-bond donors (Lipinski definition) is 1. The van der Waals surface area contributed by atoms with Gasteiger partial charge in [0.25, 0.3) is 11.8 Å². The van der Waals surface area contributed by atoms with Gasteiger partial charge >= 0.3 is 0 Å². The Bertz CT molecular complexity index is 773. The number of fused-ring (bicyclic) bond motifs is 1. The predicted molar refractivity (Wildman–Crippen MR) is 101 cm³/mol. The normalized spacial score (nSPS) is 14.4. The number of imide groups is 1. The summed E-state index contributed by atoms with van der Waals surface area (Å²) in [4.78, 5) is 27.9. The molecule has 7 nitrogen and oxygen atoms in total. The molecule has 2 amide bonds. The smallest absolute Gasteiger partial charge is 0.261 e. The van der Waals surface area contributed by atoms with Gasteiger partial charge in [-0.2, -0.15) is 0 Å². The zero-order chi connectivity index (χ0) is 19.3. The molecule has 144 valence electrons. The van der Waals surface area contributed by atoms with Crippen molar-refractivity contribution in [3.63, 3.8) is 0 Å². The number of amides is 2. The van der Waals surface area contributed by atoms with Crippen LogP contribution in [0.2, 0.25) is 0 Å². The Morgan fingerprint density at radius 2 is 1.73 bits per heavy atom. The molecule has 0 saturated heterocycles. The number of nitrogens with zero attached hydrogens (tertiary/aromatic N) is 2. The van der Waals surface area contributed by atoms with Gasteiger partial charge in [-0.3, -0.25) is 14.5 Å². The Morgan fingerprint density at radius 3 is 2.38 bits per heavy atom. The molecule has 26 heavy (non-hydrogen) atoms. The second-order valence-electron chi connectivity index (χ2n) is 6.40. The van der Waals surface area contributed by atoms with Crippen molar-refractivity contribution in [3.8, 4) is 0 Å². The van der Waals surface area contributed by atoms with Crippen LogP contribution in [0, 0.1) is 6.92 Å². The van der Waals surface area contributed by atoms with Crippen LogP contribution in [0.1, 0.15) is 46.5 Å². The molecule has 1 aromatic carbocycles. The Labute approximate surface area is 155 Å². The maximum absolute atomic E-state index is 12.4. The fourth-order valence-electron chi connectivity index (χ4n) is 2.96. The summed E-state index contributed by atoms with van der Waals surface area (Å²) in [5.74, 6) is -1.14. The topological polar surface area (TPSA) is 86.8 Å². The van der Waals surface area contributed by atoms with Gasteiger partial charge in [0.05, 0.1) is 16.9 Å². The fraction of sp³-hybridized carbons (Fsp3) is 0.556. The van der Waals surface area contributed by atoms with E-state index in [2.05, 4.69) is 23.5 Å². The van der Waals surface area contributed by atoms with Crippen molar-refractivity contribution in [1.29, 1.82) is 0 Å². The molecule has 0 radical (unpaired) electrons. The van der Waals surface area contributed by atoms with E-state index >= 15 is 0 Å². The van der Waals surface area contributed by atoms with Crippen LogP contribution in [0.4, 0.5) is 0 Å². The monoisotopic (exact) mass is 381 g/mol. The molecule has 0 aromatic heterocycles. The lowest BCUT2D eigenvalue weighted by Gasteiger charge is -2.18. The van der Waals surface area contributed by atoms with Gasteiger partial charge in [0, 0.05) is 13.1 Å². The molecule has 1 heterocycles. The van der Waals surface area contributed by atoms with Gasteiger partial charge in [-0.25, -0.2) is 13.1 Å². The minimum absolute atomic E-state index is 0.142. The molecule has 0 fully saturated rings. The third kappa shape index (κ3) is 4.90. The van der Waals surface area contributed by atoms with Crippen molar-refractivity contribution in [1.82, 2.24) is 14.5 Å². The summed E-state index contributed by atoms with van der Waals surface area (Å²) in [6.07, 6.45) is 0.715. The van der Waals surface area contributed by atoms with Crippen LogP contribution in [0.5, 0.6) is 0 Å². The number of sulfonamides is 1. The minimum atomic E-state index is -3.54. The number of benzene rings is 1. The Balaban J connectivity index is 1.86. The second-order valence-corrected chi connectivity index (χ2v) is 8.33. The molecule has 1 aliphatic rings. The summed E-state index contributed by atoms with van der Waals surface area (Å²) < 4.78 is 26.8. The average molecular weight is 381 g/mol. The number of carbonyl (C=O) groups excluding carboxylic acids is 2. The van der Waals surface area contributed by atoms with E-state index in [1.165, 1.54) is 0 Å². The summed E-state index contributed by atoms with van der Waals surface area (Å²) >= 11 is 0. The van der Waals surface area contributed by atoms with E-state index in [4.69, 9.17) is 0 Å². The first kappa shape index (κ1) is 20.5. The Morgan fingerprint density at radius 1 is 1.08 bits per heavy atom. The third-order valence-electron chi connectivity index (χ3n) is 4.58. The van der Waals surface area contributed by atoms with Crippen molar-refractivity contribution in [3.05, 3.63) is 34.9 Å². The summed E-state index contributed by atoms with van der Waals surface area (Å²) in [5.41, 5.74) is 1.57. The van der Waals surface area contributed by atoms with Crippen LogP contribution in [0.3, 0.4) is 0 Å². The first-order valence-electron chi connectivity index (χ1n) is 8.95. The third-order valence-corrected chi connectivity index (χ3v) is 5.94. The first-order chi connectivity index (χ1) is 12.3. The van der Waals surface area contributed by atoms with Gasteiger partial charge in [-0.05, 0) is 45.1 Å². The first-order valence-corrected chi connectivity index (χ1v) is 10.6. The van der Waals surface area contributed by atoms with Gasteiger partial charge in [-0.15, -0.1) is 0 Å². The highest BCUT2D eigenvalue weighted by Gasteiger charge is 2.35. The van der Waals surface area contributed by atoms with E-state index in [9.17, 15) is 18.0 Å². The maximum Gasteiger partial charge on any atom is 0.261 e. The molecule has 0 saturated carbocycles. The van der Waals surface area contributed by atoms with Crippen molar-refractivity contribution >= 4 is 21.8 Å². The van der Waals surface area contributed by atoms with Crippen LogP contribution < -0.4 is 4.72 Å². The highest BCUT2D eigenvalue weighted by molar-refractivity contribution is 7.89. The minimum Gasteiger partial charge on any atom is -0.304 e. The van der Waals surface area contributed by atoms with Crippen molar-refractivity contribution in [2.75, 3.05) is 38.5 Å². The molecule has 1 aromatic rings. The molecule has 0 aliphatic carbocycles. The number of nitrogens with one attached hydrogen (secondary N) is 1. The predicted octanol–water partition coefficient (Wildman–Crippen LogP) is 1.24. The van der Waals surface area contributed by atoms with Crippen LogP contribution in [-0.4, -0.2) is 68.5 Å². The van der Waals surface area contributed by atoms with Crippen LogP contribution in [0.15, 0.2) is 18.2 Å². The van der Waals surface area contributed by atoms with Crippen molar-refractivity contribution in [2.45, 2.75) is 27.2 Å². The van der Waals surface area contributed by atoms with E-state index in [0.717, 1.165) is 30.1 Å². The van der Waals surface area contributed by atoms with Crippen molar-refractivity contribution < 1.29 is 18.0 Å². The molecule has 0 bridgehead atoms. The summed E-state index contributed by atoms with van der Waals surface area (Å²) in [6.45, 7) is 8.87. The molecule has 0 atom stereocenters. The zero-order valence-corrected chi connectivity index (χ0v) is 16.4. The highest BCUT2D eigenvalue weighted by Crippen LogP contribution is 2.23. The lowest BCUT2D eigenvalue weighted by molar-refractivity contribution is 0.0664. The van der Waals surface area contributed by atoms with Gasteiger partial charge in [0.2, 0.25) is 10.0 Å². The number of aryl methyl sites for hydroxylation is 1. The van der Waals surface area contributed by atoms with Gasteiger partial charge < -0.3 is 4.90 Å². The summed E-state index contributed by atoms with van der Waals surface area (Å²) in [7, 11) is -3.54. The molecular formula is C18H27N3O4S. The van der Waals surface area contributed by atoms with Crippen LogP contribution in [-0.2, 0) is 10.0 Å². The van der Waals surface area contributed by atoms with Crippen molar-refractivity contribution in [2.24, 2.45) is 0 Å². The lowest BCUT2D eigenvalue weighted by atomic mass is 10.1. The number of hydrogen-bond acceptors (Lipinski definition) is 5. The molecule has 2 rings (SSSR count). The van der Waals surface area contributed by atoms with E-state index in [-0.39, 0.29) is 12.3 Å². The number of rotatable bonds is 10. The standard InChI is InChI=1S/C18H27N3O4S/c1-4-20(5-2)10-6-9-19-26(24,25)12-11-21-17(22)15-8-7-14(3)13-16(15)18(21)23/h7-8,13,19H,4-6,9-12H2,1-3H3. The van der Waals surface area contributed by atoms with Gasteiger partial charge in [0.15, 0.2) is 0 Å². The quantitative estimate of drug-likeness (QED) is 0.487. The summed E-state index contributed by atoms with van der Waals surface area (Å²) in [6, 6.07) is 5.04. The molecule has 1 N–H and O–H groups in total. The Hall–Kier alpha value is -1.77. The van der Waals surface area contributed by atoms with E-state index in [1.807, 2.05) is 6.92 Å². The largest absolute Gasteiger partial charge is 0.304 e. The second kappa shape index (κ2) is 8.75. The SMILES string of the molecule is CCN(CC)CCCNS(=O)(=O)CCN1C(=O)c2ccc(C)cc2C1=O. The van der Waals surface area contributed by atoms with Gasteiger partial charge in [-0.1, -0.05) is 25.5 Å². The van der Waals surface area contributed by atoms with E-state index < -0.39 is 21.8 Å². The molecular weight excluding hydrogens is 354 g/mol.